The minimum atomic E-state index is -0.920. The summed E-state index contributed by atoms with van der Waals surface area (Å²) in [6.45, 7) is 0. The lowest BCUT2D eigenvalue weighted by Gasteiger charge is -2.11. The van der Waals surface area contributed by atoms with E-state index >= 15 is 0 Å². The first-order valence-electron chi connectivity index (χ1n) is 5.50. The van der Waals surface area contributed by atoms with Crippen molar-refractivity contribution in [3.63, 3.8) is 0 Å². The summed E-state index contributed by atoms with van der Waals surface area (Å²) in [6.07, 6.45) is -0.192. The third-order valence-electron chi connectivity index (χ3n) is 2.69. The van der Waals surface area contributed by atoms with E-state index in [0.29, 0.717) is 6.07 Å². The van der Waals surface area contributed by atoms with E-state index in [1.54, 1.807) is 0 Å². The molecule has 0 bridgehead atoms. The molecule has 0 amide bonds. The Labute approximate surface area is 112 Å². The van der Waals surface area contributed by atoms with E-state index in [2.05, 4.69) is 0 Å². The third kappa shape index (κ3) is 3.26. The van der Waals surface area contributed by atoms with Crippen molar-refractivity contribution in [1.29, 1.82) is 0 Å². The Hall–Kier alpha value is -1.55. The molecule has 0 N–H and O–H groups in total. The zero-order chi connectivity index (χ0) is 14.0. The van der Waals surface area contributed by atoms with Gasteiger partial charge < -0.3 is 0 Å². The van der Waals surface area contributed by atoms with Gasteiger partial charge in [0.15, 0.2) is 0 Å². The summed E-state index contributed by atoms with van der Waals surface area (Å²) < 4.78 is 53.0. The normalized spacial score (nSPS) is 12.5. The van der Waals surface area contributed by atoms with Crippen molar-refractivity contribution in [1.82, 2.24) is 0 Å². The van der Waals surface area contributed by atoms with Crippen molar-refractivity contribution in [2.75, 3.05) is 0 Å². The van der Waals surface area contributed by atoms with Crippen LogP contribution in [-0.2, 0) is 6.42 Å². The van der Waals surface area contributed by atoms with Crippen molar-refractivity contribution in [2.24, 2.45) is 0 Å². The number of hydrogen-bond donors (Lipinski definition) is 0. The lowest BCUT2D eigenvalue weighted by molar-refractivity contribution is 0.551. The van der Waals surface area contributed by atoms with Gasteiger partial charge in [0.05, 0.1) is 5.38 Å². The molecule has 19 heavy (non-hydrogen) atoms. The van der Waals surface area contributed by atoms with E-state index in [1.165, 1.54) is 6.07 Å². The van der Waals surface area contributed by atoms with Crippen LogP contribution in [0.2, 0.25) is 0 Å². The molecule has 0 nitrogen and oxygen atoms in total. The van der Waals surface area contributed by atoms with Crippen LogP contribution >= 0.6 is 11.6 Å². The molecule has 1 atom stereocenters. The summed E-state index contributed by atoms with van der Waals surface area (Å²) in [7, 11) is 0. The summed E-state index contributed by atoms with van der Waals surface area (Å²) in [6, 6.07) is 6.23. The van der Waals surface area contributed by atoms with Crippen LogP contribution in [0.4, 0.5) is 17.6 Å². The monoisotopic (exact) mass is 288 g/mol. The van der Waals surface area contributed by atoms with Gasteiger partial charge in [-0.05, 0) is 36.2 Å². The largest absolute Gasteiger partial charge is 0.207 e. The van der Waals surface area contributed by atoms with Gasteiger partial charge in [0.2, 0.25) is 0 Å². The molecule has 0 aliphatic carbocycles. The zero-order valence-corrected chi connectivity index (χ0v) is 10.4. The zero-order valence-electron chi connectivity index (χ0n) is 9.64. The van der Waals surface area contributed by atoms with Gasteiger partial charge in [0, 0.05) is 11.6 Å². The average Bonchev–Trinajstić information content (AvgIpc) is 2.32. The molecule has 2 aromatic rings. The van der Waals surface area contributed by atoms with E-state index < -0.39 is 28.6 Å². The Morgan fingerprint density at radius 2 is 1.42 bits per heavy atom. The average molecular weight is 289 g/mol. The molecule has 5 heteroatoms. The van der Waals surface area contributed by atoms with Crippen LogP contribution in [0.25, 0.3) is 0 Å². The fraction of sp³-hybridized carbons (Fsp3) is 0.143. The standard InChI is InChI=1S/C14H9ClF4/c15-12(8-4-9(16)6-10(17)5-8)7-11-13(18)2-1-3-14(11)19/h1-6,12H,7H2. The Morgan fingerprint density at radius 1 is 0.895 bits per heavy atom. The minimum Gasteiger partial charge on any atom is -0.207 e. The molecule has 1 unspecified atom stereocenters. The van der Waals surface area contributed by atoms with Crippen LogP contribution in [-0.4, -0.2) is 0 Å². The first-order valence-corrected chi connectivity index (χ1v) is 5.94. The summed E-state index contributed by atoms with van der Waals surface area (Å²) in [4.78, 5) is 0. The maximum atomic E-state index is 13.4. The Morgan fingerprint density at radius 3 is 1.95 bits per heavy atom. The Balaban J connectivity index is 2.28. The van der Waals surface area contributed by atoms with Gasteiger partial charge in [-0.25, -0.2) is 17.6 Å². The molecule has 2 aromatic carbocycles. The molecular weight excluding hydrogens is 280 g/mol. The lowest BCUT2D eigenvalue weighted by Crippen LogP contribution is -2.02. The van der Waals surface area contributed by atoms with Crippen molar-refractivity contribution in [3.05, 3.63) is 70.8 Å². The molecule has 0 heterocycles. The fourth-order valence-corrected chi connectivity index (χ4v) is 2.06. The molecule has 100 valence electrons. The first kappa shape index (κ1) is 13.9. The highest BCUT2D eigenvalue weighted by molar-refractivity contribution is 6.20. The Bertz CT molecular complexity index is 557. The molecule has 0 saturated carbocycles. The summed E-state index contributed by atoms with van der Waals surface area (Å²) in [5.41, 5.74) is -0.0611. The number of alkyl halides is 1. The molecule has 0 aromatic heterocycles. The van der Waals surface area contributed by atoms with Crippen LogP contribution in [0.3, 0.4) is 0 Å². The van der Waals surface area contributed by atoms with Crippen molar-refractivity contribution in [2.45, 2.75) is 11.8 Å². The molecule has 2 rings (SSSR count). The summed E-state index contributed by atoms with van der Waals surface area (Å²) in [5, 5.41) is -0.920. The summed E-state index contributed by atoms with van der Waals surface area (Å²) >= 11 is 5.96. The van der Waals surface area contributed by atoms with Gasteiger partial charge in [-0.15, -0.1) is 11.6 Å². The van der Waals surface area contributed by atoms with Gasteiger partial charge in [0.1, 0.15) is 23.3 Å². The smallest absolute Gasteiger partial charge is 0.129 e. The van der Waals surface area contributed by atoms with E-state index in [-0.39, 0.29) is 17.5 Å². The molecule has 0 radical (unpaired) electrons. The molecule has 0 aliphatic heterocycles. The topological polar surface area (TPSA) is 0 Å². The Kier molecular flexibility index (Phi) is 4.10. The van der Waals surface area contributed by atoms with E-state index in [1.807, 2.05) is 0 Å². The molecule has 0 spiro atoms. The maximum Gasteiger partial charge on any atom is 0.129 e. The van der Waals surface area contributed by atoms with E-state index in [9.17, 15) is 17.6 Å². The highest BCUT2D eigenvalue weighted by Crippen LogP contribution is 2.28. The minimum absolute atomic E-state index is 0.141. The van der Waals surface area contributed by atoms with Crippen LogP contribution < -0.4 is 0 Å². The first-order chi connectivity index (χ1) is 8.97. The van der Waals surface area contributed by atoms with Gasteiger partial charge >= 0.3 is 0 Å². The van der Waals surface area contributed by atoms with E-state index in [0.717, 1.165) is 24.3 Å². The highest BCUT2D eigenvalue weighted by atomic mass is 35.5. The predicted octanol–water partition coefficient (Wildman–Crippen LogP) is 4.77. The quantitative estimate of drug-likeness (QED) is 0.564. The fourth-order valence-electron chi connectivity index (χ4n) is 1.78. The van der Waals surface area contributed by atoms with Crippen molar-refractivity contribution < 1.29 is 17.6 Å². The number of rotatable bonds is 3. The number of halogens is 5. The van der Waals surface area contributed by atoms with Crippen LogP contribution in [0.1, 0.15) is 16.5 Å². The molecular formula is C14H9ClF4. The van der Waals surface area contributed by atoms with Gasteiger partial charge in [-0.2, -0.15) is 0 Å². The van der Waals surface area contributed by atoms with Crippen molar-refractivity contribution >= 4 is 11.6 Å². The SMILES string of the molecule is Fc1cc(F)cc(C(Cl)Cc2c(F)cccc2F)c1. The van der Waals surface area contributed by atoms with Gasteiger partial charge in [-0.1, -0.05) is 6.07 Å². The predicted molar refractivity (Wildman–Crippen MR) is 65.0 cm³/mol. The van der Waals surface area contributed by atoms with Crippen molar-refractivity contribution in [3.8, 4) is 0 Å². The van der Waals surface area contributed by atoms with Crippen LogP contribution in [0.5, 0.6) is 0 Å². The second-order valence-electron chi connectivity index (χ2n) is 4.07. The summed E-state index contributed by atoms with van der Waals surface area (Å²) in [5.74, 6) is -3.03. The number of hydrogen-bond acceptors (Lipinski definition) is 0. The molecule has 0 fully saturated rings. The van der Waals surface area contributed by atoms with Gasteiger partial charge in [0.25, 0.3) is 0 Å². The van der Waals surface area contributed by atoms with Crippen LogP contribution in [0.15, 0.2) is 36.4 Å². The van der Waals surface area contributed by atoms with Gasteiger partial charge in [-0.3, -0.25) is 0 Å². The highest BCUT2D eigenvalue weighted by Gasteiger charge is 2.16. The molecule has 0 saturated heterocycles. The van der Waals surface area contributed by atoms with Crippen LogP contribution in [0, 0.1) is 23.3 Å². The van der Waals surface area contributed by atoms with E-state index in [4.69, 9.17) is 11.6 Å². The number of benzene rings is 2. The third-order valence-corrected chi connectivity index (χ3v) is 3.10. The second-order valence-corrected chi connectivity index (χ2v) is 4.60. The maximum absolute atomic E-state index is 13.4. The second kappa shape index (κ2) is 5.61. The molecule has 0 aliphatic rings. The lowest BCUT2D eigenvalue weighted by atomic mass is 10.0.